The number of aliphatic carboxylic acids is 1. The molecule has 0 radical (unpaired) electrons. The van der Waals surface area contributed by atoms with Crippen molar-refractivity contribution in [2.24, 2.45) is 5.92 Å². The SMILES string of the molecule is CCC(C)[C@H](NC(=O)OCC1c2ccccc2-c2ccccc21)C(=O)N1CCN(CC(=O)O)CC1. The summed E-state index contributed by atoms with van der Waals surface area (Å²) in [6.07, 6.45) is 0.119. The van der Waals surface area contributed by atoms with Gasteiger partial charge in [0.15, 0.2) is 0 Å². The van der Waals surface area contributed by atoms with Crippen molar-refractivity contribution in [1.29, 1.82) is 0 Å². The Morgan fingerprint density at radius 1 is 1.00 bits per heavy atom. The number of benzene rings is 2. The maximum absolute atomic E-state index is 13.3. The summed E-state index contributed by atoms with van der Waals surface area (Å²) in [4.78, 5) is 40.6. The van der Waals surface area contributed by atoms with E-state index in [9.17, 15) is 14.4 Å². The Kier molecular flexibility index (Phi) is 7.70. The molecule has 2 aromatic rings. The third kappa shape index (κ3) is 5.48. The molecule has 2 amide bonds. The largest absolute Gasteiger partial charge is 0.480 e. The van der Waals surface area contributed by atoms with Crippen LogP contribution in [-0.2, 0) is 14.3 Å². The third-order valence-corrected chi connectivity index (χ3v) is 7.14. The van der Waals surface area contributed by atoms with Gasteiger partial charge in [0.1, 0.15) is 12.6 Å². The molecule has 8 heteroatoms. The van der Waals surface area contributed by atoms with Crippen LogP contribution in [-0.4, -0.2) is 78.2 Å². The Morgan fingerprint density at radius 3 is 2.11 bits per heavy atom. The minimum Gasteiger partial charge on any atom is -0.480 e. The van der Waals surface area contributed by atoms with Gasteiger partial charge in [-0.25, -0.2) is 4.79 Å². The summed E-state index contributed by atoms with van der Waals surface area (Å²) in [6, 6.07) is 15.6. The molecule has 1 aliphatic heterocycles. The molecule has 4 rings (SSSR count). The van der Waals surface area contributed by atoms with Crippen molar-refractivity contribution in [3.63, 3.8) is 0 Å². The number of nitrogens with zero attached hydrogens (tertiary/aromatic N) is 2. The smallest absolute Gasteiger partial charge is 0.407 e. The number of carbonyl (C=O) groups is 3. The highest BCUT2D eigenvalue weighted by molar-refractivity contribution is 5.86. The molecule has 1 saturated heterocycles. The average molecular weight is 480 g/mol. The highest BCUT2D eigenvalue weighted by Crippen LogP contribution is 2.44. The third-order valence-electron chi connectivity index (χ3n) is 7.14. The quantitative estimate of drug-likeness (QED) is 0.604. The monoisotopic (exact) mass is 479 g/mol. The van der Waals surface area contributed by atoms with Crippen LogP contribution in [0.3, 0.4) is 0 Å². The molecule has 186 valence electrons. The molecule has 0 spiro atoms. The van der Waals surface area contributed by atoms with E-state index in [0.29, 0.717) is 26.2 Å². The van der Waals surface area contributed by atoms with E-state index in [1.807, 2.05) is 43.0 Å². The predicted molar refractivity (Wildman–Crippen MR) is 132 cm³/mol. The second-order valence-electron chi connectivity index (χ2n) is 9.33. The van der Waals surface area contributed by atoms with Crippen LogP contribution in [0.2, 0.25) is 0 Å². The number of rotatable bonds is 8. The van der Waals surface area contributed by atoms with Crippen molar-refractivity contribution in [3.8, 4) is 11.1 Å². The Bertz CT molecular complexity index is 1030. The van der Waals surface area contributed by atoms with E-state index in [1.165, 1.54) is 0 Å². The van der Waals surface area contributed by atoms with Gasteiger partial charge in [0.2, 0.25) is 5.91 Å². The van der Waals surface area contributed by atoms with E-state index in [-0.39, 0.29) is 30.9 Å². The highest BCUT2D eigenvalue weighted by atomic mass is 16.5. The van der Waals surface area contributed by atoms with E-state index < -0.39 is 18.1 Å². The van der Waals surface area contributed by atoms with Gasteiger partial charge in [0.05, 0.1) is 6.54 Å². The molecule has 8 nitrogen and oxygen atoms in total. The van der Waals surface area contributed by atoms with Crippen LogP contribution in [0.1, 0.15) is 37.3 Å². The summed E-state index contributed by atoms with van der Waals surface area (Å²) < 4.78 is 5.67. The van der Waals surface area contributed by atoms with Crippen LogP contribution in [0.4, 0.5) is 4.79 Å². The Labute approximate surface area is 205 Å². The van der Waals surface area contributed by atoms with Gasteiger partial charge in [0.25, 0.3) is 0 Å². The summed E-state index contributed by atoms with van der Waals surface area (Å²) in [5.74, 6) is -1.14. The molecule has 2 aliphatic rings. The van der Waals surface area contributed by atoms with Crippen molar-refractivity contribution >= 4 is 18.0 Å². The number of hydrogen-bond donors (Lipinski definition) is 2. The van der Waals surface area contributed by atoms with Gasteiger partial charge in [-0.2, -0.15) is 0 Å². The van der Waals surface area contributed by atoms with Gasteiger partial charge in [-0.15, -0.1) is 0 Å². The molecule has 0 aromatic heterocycles. The normalized spacial score (nSPS) is 17.3. The Morgan fingerprint density at radius 2 is 1.57 bits per heavy atom. The maximum atomic E-state index is 13.3. The van der Waals surface area contributed by atoms with Crippen LogP contribution in [0.15, 0.2) is 48.5 Å². The zero-order chi connectivity index (χ0) is 24.9. The molecule has 1 aliphatic carbocycles. The zero-order valence-corrected chi connectivity index (χ0v) is 20.3. The number of ether oxygens (including phenoxy) is 1. The number of piperazine rings is 1. The summed E-state index contributed by atoms with van der Waals surface area (Å²) >= 11 is 0. The summed E-state index contributed by atoms with van der Waals surface area (Å²) in [6.45, 7) is 5.94. The molecule has 1 heterocycles. The van der Waals surface area contributed by atoms with E-state index in [1.54, 1.807) is 4.90 Å². The van der Waals surface area contributed by atoms with Crippen LogP contribution in [0.25, 0.3) is 11.1 Å². The molecular formula is C27H33N3O5. The number of fused-ring (bicyclic) bond motifs is 3. The van der Waals surface area contributed by atoms with Crippen molar-refractivity contribution in [2.45, 2.75) is 32.2 Å². The van der Waals surface area contributed by atoms with Gasteiger partial charge in [-0.05, 0) is 28.2 Å². The van der Waals surface area contributed by atoms with Crippen molar-refractivity contribution in [3.05, 3.63) is 59.7 Å². The van der Waals surface area contributed by atoms with Gasteiger partial charge in [0, 0.05) is 32.1 Å². The fourth-order valence-electron chi connectivity index (χ4n) is 4.96. The fraction of sp³-hybridized carbons (Fsp3) is 0.444. The van der Waals surface area contributed by atoms with Gasteiger partial charge in [-0.3, -0.25) is 14.5 Å². The number of nitrogens with one attached hydrogen (secondary N) is 1. The summed E-state index contributed by atoms with van der Waals surface area (Å²) in [5, 5.41) is 11.8. The molecule has 35 heavy (non-hydrogen) atoms. The lowest BCUT2D eigenvalue weighted by Gasteiger charge is -2.36. The van der Waals surface area contributed by atoms with Crippen LogP contribution in [0, 0.1) is 5.92 Å². The Hall–Kier alpha value is -3.39. The summed E-state index contributed by atoms with van der Waals surface area (Å²) in [7, 11) is 0. The van der Waals surface area contributed by atoms with E-state index in [2.05, 4.69) is 29.6 Å². The molecule has 0 bridgehead atoms. The number of alkyl carbamates (subject to hydrolysis) is 1. The van der Waals surface area contributed by atoms with Crippen LogP contribution < -0.4 is 5.32 Å². The first-order chi connectivity index (χ1) is 16.9. The average Bonchev–Trinajstić information content (AvgIpc) is 3.19. The summed E-state index contributed by atoms with van der Waals surface area (Å²) in [5.41, 5.74) is 4.59. The predicted octanol–water partition coefficient (Wildman–Crippen LogP) is 3.17. The lowest BCUT2D eigenvalue weighted by atomic mass is 9.97. The lowest BCUT2D eigenvalue weighted by Crippen LogP contribution is -2.57. The number of hydrogen-bond acceptors (Lipinski definition) is 5. The molecular weight excluding hydrogens is 446 g/mol. The van der Waals surface area contributed by atoms with Crippen molar-refractivity contribution in [2.75, 3.05) is 39.3 Å². The minimum absolute atomic E-state index is 0.0329. The lowest BCUT2D eigenvalue weighted by molar-refractivity contribution is -0.140. The Balaban J connectivity index is 1.38. The second-order valence-corrected chi connectivity index (χ2v) is 9.33. The van der Waals surface area contributed by atoms with Gasteiger partial charge < -0.3 is 20.1 Å². The molecule has 2 atom stereocenters. The second kappa shape index (κ2) is 10.9. The first-order valence-corrected chi connectivity index (χ1v) is 12.2. The van der Waals surface area contributed by atoms with Gasteiger partial charge >= 0.3 is 12.1 Å². The molecule has 1 fully saturated rings. The topological polar surface area (TPSA) is 99.2 Å². The first-order valence-electron chi connectivity index (χ1n) is 12.2. The van der Waals surface area contributed by atoms with E-state index in [0.717, 1.165) is 28.7 Å². The van der Waals surface area contributed by atoms with Gasteiger partial charge in [-0.1, -0.05) is 68.8 Å². The van der Waals surface area contributed by atoms with E-state index in [4.69, 9.17) is 9.84 Å². The number of carboxylic acid groups (broad SMARTS) is 1. The molecule has 1 unspecified atom stereocenters. The number of carboxylic acids is 1. The molecule has 2 N–H and O–H groups in total. The minimum atomic E-state index is -0.876. The standard InChI is InChI=1S/C27H33N3O5/c1-3-18(2)25(26(33)30-14-12-29(13-15-30)16-24(31)32)28-27(34)35-17-23-21-10-6-4-8-19(21)20-9-5-7-11-22(20)23/h4-11,18,23,25H,3,12-17H2,1-2H3,(H,28,34)(H,31,32)/t18?,25-/m0/s1. The fourth-order valence-corrected chi connectivity index (χ4v) is 4.96. The van der Waals surface area contributed by atoms with E-state index >= 15 is 0 Å². The first kappa shape index (κ1) is 24.7. The molecule has 2 aromatic carbocycles. The van der Waals surface area contributed by atoms with Crippen molar-refractivity contribution < 1.29 is 24.2 Å². The maximum Gasteiger partial charge on any atom is 0.407 e. The highest BCUT2D eigenvalue weighted by Gasteiger charge is 2.33. The number of amides is 2. The number of carbonyl (C=O) groups excluding carboxylic acids is 2. The van der Waals surface area contributed by atoms with Crippen LogP contribution in [0.5, 0.6) is 0 Å². The van der Waals surface area contributed by atoms with Crippen molar-refractivity contribution in [1.82, 2.24) is 15.1 Å². The zero-order valence-electron chi connectivity index (χ0n) is 20.3. The van der Waals surface area contributed by atoms with Crippen LogP contribution >= 0.6 is 0 Å². The molecule has 0 saturated carbocycles.